The number of urea groups is 1. The van der Waals surface area contributed by atoms with Crippen molar-refractivity contribution in [3.63, 3.8) is 0 Å². The van der Waals surface area contributed by atoms with Crippen molar-refractivity contribution in [2.24, 2.45) is 0 Å². The van der Waals surface area contributed by atoms with E-state index in [4.69, 9.17) is 16.3 Å². The third kappa shape index (κ3) is 5.80. The monoisotopic (exact) mass is 520 g/mol. The zero-order chi connectivity index (χ0) is 26.5. The van der Waals surface area contributed by atoms with E-state index in [-0.39, 0.29) is 34.3 Å². The first-order chi connectivity index (χ1) is 17.7. The second kappa shape index (κ2) is 10.7. The summed E-state index contributed by atoms with van der Waals surface area (Å²) in [6.45, 7) is -0.375. The van der Waals surface area contributed by atoms with Crippen LogP contribution in [0.3, 0.4) is 0 Å². The molecule has 0 aromatic heterocycles. The Morgan fingerprint density at radius 2 is 1.76 bits per heavy atom. The van der Waals surface area contributed by atoms with Crippen LogP contribution in [0, 0.1) is 10.1 Å². The largest absolute Gasteiger partial charge is 0.483 e. The smallest absolute Gasteiger partial charge is 0.335 e. The zero-order valence-corrected chi connectivity index (χ0v) is 19.6. The SMILES string of the molecule is O=C(COc1ccc(Cl)cc1/C=C1\C(=O)NC(=O)N(c2ccc([N+](=O)[O-])cc2)C1=O)Nc1ccccc1. The molecule has 5 amide bonds. The van der Waals surface area contributed by atoms with E-state index in [0.29, 0.717) is 10.6 Å². The van der Waals surface area contributed by atoms with Gasteiger partial charge in [0.1, 0.15) is 11.3 Å². The van der Waals surface area contributed by atoms with Gasteiger partial charge in [0.15, 0.2) is 6.61 Å². The summed E-state index contributed by atoms with van der Waals surface area (Å²) in [5.74, 6) is -2.21. The molecule has 3 aromatic carbocycles. The highest BCUT2D eigenvalue weighted by molar-refractivity contribution is 6.39. The van der Waals surface area contributed by atoms with Gasteiger partial charge in [-0.15, -0.1) is 0 Å². The van der Waals surface area contributed by atoms with Crippen molar-refractivity contribution in [3.8, 4) is 5.75 Å². The molecule has 1 fully saturated rings. The standard InChI is InChI=1S/C25H17ClN4O7/c26-16-6-11-21(37-14-22(31)27-17-4-2-1-3-5-17)15(12-16)13-20-23(32)28-25(34)29(24(20)33)18-7-9-19(10-8-18)30(35)36/h1-13H,14H2,(H,27,31)(H,28,32,34)/b20-13+. The van der Waals surface area contributed by atoms with Crippen LogP contribution in [-0.4, -0.2) is 35.3 Å². The number of amides is 5. The lowest BCUT2D eigenvalue weighted by Gasteiger charge is -2.26. The van der Waals surface area contributed by atoms with Crippen LogP contribution < -0.4 is 20.3 Å². The van der Waals surface area contributed by atoms with Crippen molar-refractivity contribution >= 4 is 58.5 Å². The third-order valence-corrected chi connectivity index (χ3v) is 5.34. The number of halogens is 1. The van der Waals surface area contributed by atoms with Gasteiger partial charge in [-0.3, -0.25) is 29.8 Å². The fourth-order valence-corrected chi connectivity index (χ4v) is 3.58. The Kier molecular flexibility index (Phi) is 7.26. The Bertz CT molecular complexity index is 1440. The van der Waals surface area contributed by atoms with Crippen molar-refractivity contribution in [2.45, 2.75) is 0 Å². The summed E-state index contributed by atoms with van der Waals surface area (Å²) in [5, 5.41) is 15.9. The number of hydrogen-bond acceptors (Lipinski definition) is 7. The quantitative estimate of drug-likeness (QED) is 0.207. The molecule has 1 aliphatic rings. The number of hydrogen-bond donors (Lipinski definition) is 2. The van der Waals surface area contributed by atoms with Crippen LogP contribution >= 0.6 is 11.6 Å². The van der Waals surface area contributed by atoms with Gasteiger partial charge in [0.05, 0.1) is 10.6 Å². The van der Waals surface area contributed by atoms with Crippen molar-refractivity contribution in [1.29, 1.82) is 0 Å². The lowest BCUT2D eigenvalue weighted by molar-refractivity contribution is -0.384. The van der Waals surface area contributed by atoms with Gasteiger partial charge in [-0.25, -0.2) is 9.69 Å². The minimum absolute atomic E-state index is 0.0200. The summed E-state index contributed by atoms with van der Waals surface area (Å²) in [5.41, 5.74) is 0.148. The second-order valence-corrected chi connectivity index (χ2v) is 8.05. The predicted octanol–water partition coefficient (Wildman–Crippen LogP) is 3.93. The summed E-state index contributed by atoms with van der Waals surface area (Å²) in [4.78, 5) is 61.3. The van der Waals surface area contributed by atoms with E-state index in [2.05, 4.69) is 10.6 Å². The molecule has 11 nitrogen and oxygen atoms in total. The number of nitro benzene ring substituents is 1. The van der Waals surface area contributed by atoms with Crippen molar-refractivity contribution in [2.75, 3.05) is 16.8 Å². The second-order valence-electron chi connectivity index (χ2n) is 7.62. The molecule has 0 aliphatic carbocycles. The third-order valence-electron chi connectivity index (χ3n) is 5.11. The summed E-state index contributed by atoms with van der Waals surface area (Å²) >= 11 is 6.10. The van der Waals surface area contributed by atoms with E-state index >= 15 is 0 Å². The van der Waals surface area contributed by atoms with E-state index in [1.807, 2.05) is 0 Å². The Morgan fingerprint density at radius 3 is 2.43 bits per heavy atom. The van der Waals surface area contributed by atoms with Crippen LogP contribution in [0.2, 0.25) is 5.02 Å². The van der Waals surface area contributed by atoms with E-state index in [9.17, 15) is 29.3 Å². The number of nitrogens with zero attached hydrogens (tertiary/aromatic N) is 2. The van der Waals surface area contributed by atoms with Crippen LogP contribution in [0.15, 0.2) is 78.4 Å². The molecule has 0 radical (unpaired) electrons. The molecule has 0 spiro atoms. The number of nitro groups is 1. The number of rotatable bonds is 7. The normalized spacial score (nSPS) is 14.4. The highest BCUT2D eigenvalue weighted by Gasteiger charge is 2.37. The maximum atomic E-state index is 13.1. The van der Waals surface area contributed by atoms with Crippen LogP contribution in [0.25, 0.3) is 6.08 Å². The minimum Gasteiger partial charge on any atom is -0.483 e. The molecular formula is C25H17ClN4O7. The first-order valence-corrected chi connectivity index (χ1v) is 11.0. The molecule has 1 heterocycles. The fraction of sp³-hybridized carbons (Fsp3) is 0.0400. The average Bonchev–Trinajstić information content (AvgIpc) is 2.87. The Morgan fingerprint density at radius 1 is 1.05 bits per heavy atom. The number of carbonyl (C=O) groups excluding carboxylic acids is 4. The minimum atomic E-state index is -1.01. The van der Waals surface area contributed by atoms with Crippen molar-refractivity contribution < 1.29 is 28.8 Å². The first-order valence-electron chi connectivity index (χ1n) is 10.7. The summed E-state index contributed by atoms with van der Waals surface area (Å²) < 4.78 is 5.60. The predicted molar refractivity (Wildman–Crippen MR) is 134 cm³/mol. The van der Waals surface area contributed by atoms with Crippen molar-refractivity contribution in [3.05, 3.63) is 99.1 Å². The van der Waals surface area contributed by atoms with Gasteiger partial charge < -0.3 is 10.1 Å². The average molecular weight is 521 g/mol. The van der Waals surface area contributed by atoms with E-state index in [0.717, 1.165) is 12.1 Å². The number of para-hydroxylation sites is 1. The van der Waals surface area contributed by atoms with Crippen LogP contribution in [0.1, 0.15) is 5.56 Å². The van der Waals surface area contributed by atoms with E-state index in [1.54, 1.807) is 30.3 Å². The number of anilines is 2. The van der Waals surface area contributed by atoms with Gasteiger partial charge in [-0.2, -0.15) is 0 Å². The molecule has 2 N–H and O–H groups in total. The van der Waals surface area contributed by atoms with Gasteiger partial charge in [-0.1, -0.05) is 29.8 Å². The molecule has 0 saturated carbocycles. The van der Waals surface area contributed by atoms with Gasteiger partial charge in [0.2, 0.25) is 0 Å². The van der Waals surface area contributed by atoms with E-state index < -0.39 is 34.2 Å². The molecular weight excluding hydrogens is 504 g/mol. The molecule has 12 heteroatoms. The molecule has 0 bridgehead atoms. The molecule has 1 saturated heterocycles. The molecule has 4 rings (SSSR count). The van der Waals surface area contributed by atoms with Gasteiger partial charge >= 0.3 is 6.03 Å². The summed E-state index contributed by atoms with van der Waals surface area (Å²) in [6.07, 6.45) is 1.18. The highest BCUT2D eigenvalue weighted by atomic mass is 35.5. The first kappa shape index (κ1) is 25.1. The van der Waals surface area contributed by atoms with Crippen molar-refractivity contribution in [1.82, 2.24) is 5.32 Å². The van der Waals surface area contributed by atoms with Gasteiger partial charge in [-0.05, 0) is 48.5 Å². The Labute approximate surface area is 214 Å². The number of carbonyl (C=O) groups is 4. The number of non-ortho nitro benzene ring substituents is 1. The van der Waals surface area contributed by atoms with Gasteiger partial charge in [0, 0.05) is 28.4 Å². The lowest BCUT2D eigenvalue weighted by Crippen LogP contribution is -2.54. The fourth-order valence-electron chi connectivity index (χ4n) is 3.40. The molecule has 0 unspecified atom stereocenters. The Balaban J connectivity index is 1.59. The number of benzene rings is 3. The topological polar surface area (TPSA) is 148 Å². The lowest BCUT2D eigenvalue weighted by atomic mass is 10.1. The van der Waals surface area contributed by atoms with E-state index in [1.165, 1.54) is 36.4 Å². The van der Waals surface area contributed by atoms with Gasteiger partial charge in [0.25, 0.3) is 23.4 Å². The number of imide groups is 2. The van der Waals surface area contributed by atoms with Crippen LogP contribution in [0.4, 0.5) is 21.9 Å². The number of barbiturate groups is 1. The number of ether oxygens (including phenoxy) is 1. The molecule has 3 aromatic rings. The maximum absolute atomic E-state index is 13.1. The Hall–Kier alpha value is -5.03. The maximum Gasteiger partial charge on any atom is 0.335 e. The highest BCUT2D eigenvalue weighted by Crippen LogP contribution is 2.28. The molecule has 0 atom stereocenters. The zero-order valence-electron chi connectivity index (χ0n) is 18.8. The molecule has 37 heavy (non-hydrogen) atoms. The van der Waals surface area contributed by atoms with Crippen LogP contribution in [0.5, 0.6) is 5.75 Å². The summed E-state index contributed by atoms with van der Waals surface area (Å²) in [6, 6.07) is 16.8. The molecule has 1 aliphatic heterocycles. The molecule has 186 valence electrons. The number of nitrogens with one attached hydrogen (secondary N) is 2. The summed E-state index contributed by atoms with van der Waals surface area (Å²) in [7, 11) is 0. The van der Waals surface area contributed by atoms with Crippen LogP contribution in [-0.2, 0) is 14.4 Å².